The van der Waals surface area contributed by atoms with Gasteiger partial charge in [0.05, 0.1) is 12.4 Å². The van der Waals surface area contributed by atoms with Crippen molar-refractivity contribution < 1.29 is 13.2 Å². The van der Waals surface area contributed by atoms with E-state index in [0.717, 1.165) is 25.8 Å². The summed E-state index contributed by atoms with van der Waals surface area (Å²) >= 11 is 0. The standard InChI is InChI=1S/C18H30N4O3S/c1-2-25-17-9-10-19-18(20-17)21-11-6-12-22(14-13-21)26(23,24)15-16-7-4-3-5-8-16/h9-10,16H,2-8,11-15H2,1H3. The maximum Gasteiger partial charge on any atom is 0.228 e. The zero-order valence-electron chi connectivity index (χ0n) is 15.6. The number of sulfonamides is 1. The Morgan fingerprint density at radius 1 is 1.12 bits per heavy atom. The smallest absolute Gasteiger partial charge is 0.228 e. The fourth-order valence-corrected chi connectivity index (χ4v) is 5.75. The highest BCUT2D eigenvalue weighted by Gasteiger charge is 2.29. The molecule has 1 aromatic rings. The molecule has 0 atom stereocenters. The first-order valence-electron chi connectivity index (χ1n) is 9.77. The van der Waals surface area contributed by atoms with Gasteiger partial charge in [0.1, 0.15) is 0 Å². The van der Waals surface area contributed by atoms with E-state index in [1.54, 1.807) is 16.6 Å². The number of anilines is 1. The van der Waals surface area contributed by atoms with Crippen LogP contribution in [0.2, 0.25) is 0 Å². The normalized spacial score (nSPS) is 20.7. The summed E-state index contributed by atoms with van der Waals surface area (Å²) in [4.78, 5) is 10.8. The molecule has 1 aliphatic heterocycles. The summed E-state index contributed by atoms with van der Waals surface area (Å²) in [5.74, 6) is 1.81. The van der Waals surface area contributed by atoms with Crippen LogP contribution >= 0.6 is 0 Å². The molecule has 2 aliphatic rings. The van der Waals surface area contributed by atoms with E-state index in [-0.39, 0.29) is 0 Å². The second-order valence-electron chi connectivity index (χ2n) is 7.15. The summed E-state index contributed by atoms with van der Waals surface area (Å²) in [6.07, 6.45) is 8.16. The molecule has 1 saturated carbocycles. The number of ether oxygens (including phenoxy) is 1. The summed E-state index contributed by atoms with van der Waals surface area (Å²) in [5, 5.41) is 0. The van der Waals surface area contributed by atoms with Crippen molar-refractivity contribution in [3.63, 3.8) is 0 Å². The van der Waals surface area contributed by atoms with Gasteiger partial charge in [0.25, 0.3) is 0 Å². The molecule has 26 heavy (non-hydrogen) atoms. The Kier molecular flexibility index (Phi) is 6.69. The predicted molar refractivity (Wildman–Crippen MR) is 102 cm³/mol. The number of rotatable bonds is 6. The van der Waals surface area contributed by atoms with Gasteiger partial charge in [0.15, 0.2) is 0 Å². The van der Waals surface area contributed by atoms with Crippen molar-refractivity contribution in [2.24, 2.45) is 5.92 Å². The number of nitrogens with zero attached hydrogens (tertiary/aromatic N) is 4. The van der Waals surface area contributed by atoms with Crippen LogP contribution in [0.4, 0.5) is 5.95 Å². The predicted octanol–water partition coefficient (Wildman–Crippen LogP) is 2.30. The lowest BCUT2D eigenvalue weighted by Crippen LogP contribution is -2.38. The van der Waals surface area contributed by atoms with Crippen molar-refractivity contribution in [3.8, 4) is 5.88 Å². The number of hydrogen-bond acceptors (Lipinski definition) is 6. The highest BCUT2D eigenvalue weighted by molar-refractivity contribution is 7.89. The molecule has 1 aromatic heterocycles. The maximum absolute atomic E-state index is 12.8. The van der Waals surface area contributed by atoms with Gasteiger partial charge in [0.2, 0.25) is 21.9 Å². The molecule has 0 unspecified atom stereocenters. The third-order valence-corrected chi connectivity index (χ3v) is 7.26. The molecule has 2 heterocycles. The van der Waals surface area contributed by atoms with E-state index >= 15 is 0 Å². The molecular weight excluding hydrogens is 352 g/mol. The van der Waals surface area contributed by atoms with E-state index in [0.29, 0.717) is 49.7 Å². The Labute approximate surface area is 156 Å². The Balaban J connectivity index is 1.61. The molecule has 1 saturated heterocycles. The minimum Gasteiger partial charge on any atom is -0.478 e. The molecule has 146 valence electrons. The summed E-state index contributed by atoms with van der Waals surface area (Å²) in [5.41, 5.74) is 0. The molecule has 0 aromatic carbocycles. The monoisotopic (exact) mass is 382 g/mol. The van der Waals surface area contributed by atoms with Gasteiger partial charge in [-0.15, -0.1) is 0 Å². The van der Waals surface area contributed by atoms with E-state index in [1.165, 1.54) is 19.3 Å². The quantitative estimate of drug-likeness (QED) is 0.751. The molecule has 0 amide bonds. The second-order valence-corrected chi connectivity index (χ2v) is 9.16. The van der Waals surface area contributed by atoms with Crippen molar-refractivity contribution in [2.45, 2.75) is 45.4 Å². The summed E-state index contributed by atoms with van der Waals surface area (Å²) in [6.45, 7) is 4.92. The van der Waals surface area contributed by atoms with Gasteiger partial charge in [-0.1, -0.05) is 19.3 Å². The Morgan fingerprint density at radius 3 is 2.69 bits per heavy atom. The van der Waals surface area contributed by atoms with E-state index in [2.05, 4.69) is 14.9 Å². The van der Waals surface area contributed by atoms with Crippen molar-refractivity contribution in [1.29, 1.82) is 0 Å². The van der Waals surface area contributed by atoms with Gasteiger partial charge in [-0.05, 0) is 32.1 Å². The van der Waals surface area contributed by atoms with E-state index < -0.39 is 10.0 Å². The third kappa shape index (κ3) is 5.07. The highest BCUT2D eigenvalue weighted by Crippen LogP contribution is 2.26. The summed E-state index contributed by atoms with van der Waals surface area (Å²) in [7, 11) is -3.19. The summed E-state index contributed by atoms with van der Waals surface area (Å²) in [6, 6.07) is 1.74. The van der Waals surface area contributed by atoms with Gasteiger partial charge < -0.3 is 9.64 Å². The zero-order chi connectivity index (χ0) is 18.4. The van der Waals surface area contributed by atoms with Crippen LogP contribution in [0, 0.1) is 5.92 Å². The van der Waals surface area contributed by atoms with Crippen LogP contribution in [0.25, 0.3) is 0 Å². The molecule has 2 fully saturated rings. The zero-order valence-corrected chi connectivity index (χ0v) is 16.5. The molecule has 0 N–H and O–H groups in total. The second kappa shape index (κ2) is 8.99. The number of aromatic nitrogens is 2. The molecule has 1 aliphatic carbocycles. The molecule has 0 radical (unpaired) electrons. The van der Waals surface area contributed by atoms with Gasteiger partial charge in [-0.2, -0.15) is 4.98 Å². The Hall–Kier alpha value is -1.41. The fourth-order valence-electron chi connectivity index (χ4n) is 3.84. The van der Waals surface area contributed by atoms with Crippen molar-refractivity contribution >= 4 is 16.0 Å². The third-order valence-electron chi connectivity index (χ3n) is 5.21. The van der Waals surface area contributed by atoms with E-state index in [1.807, 2.05) is 6.92 Å². The maximum atomic E-state index is 12.8. The minimum atomic E-state index is -3.19. The molecular formula is C18H30N4O3S. The van der Waals surface area contributed by atoms with Crippen molar-refractivity contribution in [3.05, 3.63) is 12.3 Å². The van der Waals surface area contributed by atoms with Crippen LogP contribution in [0.15, 0.2) is 12.3 Å². The largest absolute Gasteiger partial charge is 0.478 e. The highest BCUT2D eigenvalue weighted by atomic mass is 32.2. The van der Waals surface area contributed by atoms with E-state index in [9.17, 15) is 8.42 Å². The van der Waals surface area contributed by atoms with Crippen LogP contribution in [-0.2, 0) is 10.0 Å². The van der Waals surface area contributed by atoms with Crippen LogP contribution in [0.3, 0.4) is 0 Å². The SMILES string of the molecule is CCOc1ccnc(N2CCCN(S(=O)(=O)CC3CCCCC3)CC2)n1. The van der Waals surface area contributed by atoms with Gasteiger partial charge in [0, 0.05) is 38.4 Å². The van der Waals surface area contributed by atoms with Gasteiger partial charge >= 0.3 is 0 Å². The Morgan fingerprint density at radius 2 is 1.92 bits per heavy atom. The first-order valence-corrected chi connectivity index (χ1v) is 11.4. The van der Waals surface area contributed by atoms with E-state index in [4.69, 9.17) is 4.74 Å². The summed E-state index contributed by atoms with van der Waals surface area (Å²) < 4.78 is 32.8. The topological polar surface area (TPSA) is 75.6 Å². The lowest BCUT2D eigenvalue weighted by atomic mass is 9.91. The lowest BCUT2D eigenvalue weighted by Gasteiger charge is -2.26. The van der Waals surface area contributed by atoms with Gasteiger partial charge in [-0.3, -0.25) is 0 Å². The van der Waals surface area contributed by atoms with Gasteiger partial charge in [-0.25, -0.2) is 17.7 Å². The van der Waals surface area contributed by atoms with Crippen LogP contribution in [-0.4, -0.2) is 61.2 Å². The molecule has 7 nitrogen and oxygen atoms in total. The van der Waals surface area contributed by atoms with Crippen LogP contribution in [0.1, 0.15) is 45.4 Å². The number of hydrogen-bond donors (Lipinski definition) is 0. The molecule has 0 bridgehead atoms. The molecule has 8 heteroatoms. The van der Waals surface area contributed by atoms with Crippen LogP contribution in [0.5, 0.6) is 5.88 Å². The molecule has 3 rings (SSSR count). The van der Waals surface area contributed by atoms with Crippen molar-refractivity contribution in [2.75, 3.05) is 43.4 Å². The fraction of sp³-hybridized carbons (Fsp3) is 0.778. The van der Waals surface area contributed by atoms with Crippen molar-refractivity contribution in [1.82, 2.24) is 14.3 Å². The van der Waals surface area contributed by atoms with Crippen LogP contribution < -0.4 is 9.64 Å². The molecule has 0 spiro atoms. The Bertz CT molecular complexity index is 677. The average Bonchev–Trinajstić information content (AvgIpc) is 2.90. The minimum absolute atomic E-state index is 0.309. The lowest BCUT2D eigenvalue weighted by molar-refractivity contribution is 0.326. The first-order chi connectivity index (χ1) is 12.6. The average molecular weight is 383 g/mol. The first kappa shape index (κ1) is 19.4.